The summed E-state index contributed by atoms with van der Waals surface area (Å²) in [5, 5.41) is 0. The van der Waals surface area contributed by atoms with Crippen LogP contribution in [0.4, 0.5) is 5.69 Å². The van der Waals surface area contributed by atoms with Gasteiger partial charge in [-0.2, -0.15) is 0 Å². The van der Waals surface area contributed by atoms with Gasteiger partial charge in [0.05, 0.1) is 11.0 Å². The van der Waals surface area contributed by atoms with Crippen molar-refractivity contribution in [3.8, 4) is 0 Å². The van der Waals surface area contributed by atoms with Gasteiger partial charge < -0.3 is 14.4 Å². The van der Waals surface area contributed by atoms with Gasteiger partial charge in [-0.25, -0.2) is 4.98 Å². The van der Waals surface area contributed by atoms with E-state index in [2.05, 4.69) is 6.07 Å². The Bertz CT molecular complexity index is 1120. The average Bonchev–Trinajstić information content (AvgIpc) is 3.33. The smallest absolute Gasteiger partial charge is 0.246 e. The quantitative estimate of drug-likeness (QED) is 0.672. The minimum absolute atomic E-state index is 0.0197. The number of likely N-dealkylation sites (tertiary alicyclic amines) is 1. The van der Waals surface area contributed by atoms with E-state index in [9.17, 15) is 9.59 Å². The molecule has 1 aromatic heterocycles. The number of nitrogens with zero attached hydrogens (tertiary/aromatic N) is 4. The Morgan fingerprint density at radius 2 is 1.93 bits per heavy atom. The molecule has 1 unspecified atom stereocenters. The first kappa shape index (κ1) is 18.9. The van der Waals surface area contributed by atoms with Crippen LogP contribution < -0.4 is 4.90 Å². The monoisotopic (exact) mass is 402 g/mol. The van der Waals surface area contributed by atoms with E-state index in [1.54, 1.807) is 0 Å². The van der Waals surface area contributed by atoms with Crippen LogP contribution in [0.2, 0.25) is 0 Å². The van der Waals surface area contributed by atoms with Gasteiger partial charge in [0.15, 0.2) is 0 Å². The van der Waals surface area contributed by atoms with Gasteiger partial charge in [0.2, 0.25) is 11.8 Å². The number of imidazole rings is 1. The number of carbonyl (C=O) groups excluding carboxylic acids is 2. The number of aryl methyl sites for hydroxylation is 1. The third-order valence-corrected chi connectivity index (χ3v) is 6.35. The number of anilines is 1. The summed E-state index contributed by atoms with van der Waals surface area (Å²) >= 11 is 0. The highest BCUT2D eigenvalue weighted by atomic mass is 16.2. The molecule has 0 radical (unpaired) electrons. The van der Waals surface area contributed by atoms with Crippen LogP contribution in [-0.4, -0.2) is 45.9 Å². The minimum atomic E-state index is 0.0197. The maximum absolute atomic E-state index is 13.4. The minimum Gasteiger partial charge on any atom is -0.342 e. The first-order valence-corrected chi connectivity index (χ1v) is 10.8. The second-order valence-corrected chi connectivity index (χ2v) is 8.16. The standard InChI is InChI=1S/C24H26N4O2/c1-2-26-15-18(14-22(26)29)24-25-19-10-4-6-12-21(19)28(24)16-23(30)27-13-7-9-17-8-3-5-11-20(17)27/h3-6,8,10-12,18H,2,7,9,13-16H2,1H3. The van der Waals surface area contributed by atoms with Crippen LogP contribution in [0.1, 0.15) is 37.1 Å². The fourth-order valence-corrected chi connectivity index (χ4v) is 4.84. The summed E-state index contributed by atoms with van der Waals surface area (Å²) in [6.45, 7) is 4.35. The Kier molecular flexibility index (Phi) is 4.77. The normalized spacial score (nSPS) is 18.8. The van der Waals surface area contributed by atoms with Gasteiger partial charge >= 0.3 is 0 Å². The van der Waals surface area contributed by atoms with Gasteiger partial charge in [-0.1, -0.05) is 30.3 Å². The highest BCUT2D eigenvalue weighted by Crippen LogP contribution is 2.31. The Morgan fingerprint density at radius 3 is 2.77 bits per heavy atom. The molecule has 1 saturated heterocycles. The number of carbonyl (C=O) groups is 2. The number of aromatic nitrogens is 2. The highest BCUT2D eigenvalue weighted by Gasteiger charge is 2.34. The lowest BCUT2D eigenvalue weighted by Gasteiger charge is -2.30. The lowest BCUT2D eigenvalue weighted by Crippen LogP contribution is -2.38. The van der Waals surface area contributed by atoms with E-state index < -0.39 is 0 Å². The molecule has 3 heterocycles. The number of hydrogen-bond acceptors (Lipinski definition) is 3. The number of fused-ring (bicyclic) bond motifs is 2. The molecular formula is C24H26N4O2. The molecule has 0 aliphatic carbocycles. The first-order chi connectivity index (χ1) is 14.7. The van der Waals surface area contributed by atoms with Crippen LogP contribution in [0.15, 0.2) is 48.5 Å². The maximum atomic E-state index is 13.4. The largest absolute Gasteiger partial charge is 0.342 e. The molecular weight excluding hydrogens is 376 g/mol. The Balaban J connectivity index is 1.50. The summed E-state index contributed by atoms with van der Waals surface area (Å²) in [4.78, 5) is 34.4. The van der Waals surface area contributed by atoms with E-state index in [1.165, 1.54) is 5.56 Å². The summed E-state index contributed by atoms with van der Waals surface area (Å²) in [5.74, 6) is 1.10. The molecule has 0 saturated carbocycles. The van der Waals surface area contributed by atoms with E-state index in [-0.39, 0.29) is 24.3 Å². The SMILES string of the molecule is CCN1CC(c2nc3ccccc3n2CC(=O)N2CCCc3ccccc32)CC1=O. The molecule has 30 heavy (non-hydrogen) atoms. The fourth-order valence-electron chi connectivity index (χ4n) is 4.84. The second kappa shape index (κ2) is 7.59. The number of rotatable bonds is 4. The maximum Gasteiger partial charge on any atom is 0.246 e. The van der Waals surface area contributed by atoms with Crippen molar-refractivity contribution < 1.29 is 9.59 Å². The van der Waals surface area contributed by atoms with Gasteiger partial charge in [0.1, 0.15) is 12.4 Å². The van der Waals surface area contributed by atoms with Gasteiger partial charge in [-0.15, -0.1) is 0 Å². The summed E-state index contributed by atoms with van der Waals surface area (Å²) in [6, 6.07) is 16.1. The first-order valence-electron chi connectivity index (χ1n) is 10.8. The molecule has 3 aromatic rings. The number of likely N-dealkylation sites (N-methyl/N-ethyl adjacent to an activating group) is 1. The van der Waals surface area contributed by atoms with Crippen LogP contribution in [0.3, 0.4) is 0 Å². The van der Waals surface area contributed by atoms with E-state index in [0.717, 1.165) is 41.9 Å². The molecule has 2 aliphatic rings. The van der Waals surface area contributed by atoms with Crippen LogP contribution in [0.5, 0.6) is 0 Å². The molecule has 0 bridgehead atoms. The summed E-state index contributed by atoms with van der Waals surface area (Å²) in [5.41, 5.74) is 4.08. The summed E-state index contributed by atoms with van der Waals surface area (Å²) < 4.78 is 2.03. The van der Waals surface area contributed by atoms with Crippen molar-refractivity contribution in [3.63, 3.8) is 0 Å². The van der Waals surface area contributed by atoms with E-state index in [4.69, 9.17) is 4.98 Å². The lowest BCUT2D eigenvalue weighted by atomic mass is 10.0. The third-order valence-electron chi connectivity index (χ3n) is 6.35. The number of amides is 2. The number of para-hydroxylation sites is 3. The highest BCUT2D eigenvalue weighted by molar-refractivity contribution is 5.95. The van der Waals surface area contributed by atoms with Crippen LogP contribution in [-0.2, 0) is 22.6 Å². The van der Waals surface area contributed by atoms with Crippen LogP contribution >= 0.6 is 0 Å². The van der Waals surface area contributed by atoms with Crippen LogP contribution in [0.25, 0.3) is 11.0 Å². The van der Waals surface area contributed by atoms with Gasteiger partial charge in [0.25, 0.3) is 0 Å². The molecule has 6 heteroatoms. The van der Waals surface area contributed by atoms with Crippen molar-refractivity contribution in [2.24, 2.45) is 0 Å². The molecule has 2 aliphatic heterocycles. The zero-order valence-electron chi connectivity index (χ0n) is 17.3. The molecule has 0 spiro atoms. The zero-order chi connectivity index (χ0) is 20.7. The average molecular weight is 402 g/mol. The number of hydrogen-bond donors (Lipinski definition) is 0. The third kappa shape index (κ3) is 3.16. The van der Waals surface area contributed by atoms with E-state index >= 15 is 0 Å². The van der Waals surface area contributed by atoms with Gasteiger partial charge in [-0.3, -0.25) is 9.59 Å². The van der Waals surface area contributed by atoms with E-state index in [1.807, 2.05) is 63.8 Å². The van der Waals surface area contributed by atoms with Gasteiger partial charge in [0, 0.05) is 37.7 Å². The lowest BCUT2D eigenvalue weighted by molar-refractivity contribution is -0.127. The van der Waals surface area contributed by atoms with Crippen molar-refractivity contribution in [2.75, 3.05) is 24.5 Å². The van der Waals surface area contributed by atoms with Crippen molar-refractivity contribution >= 4 is 28.5 Å². The van der Waals surface area contributed by atoms with Crippen molar-refractivity contribution in [1.29, 1.82) is 0 Å². The molecule has 1 fully saturated rings. The van der Waals surface area contributed by atoms with E-state index in [0.29, 0.717) is 19.5 Å². The van der Waals surface area contributed by atoms with Gasteiger partial charge in [-0.05, 0) is 43.5 Å². The predicted molar refractivity (Wildman–Crippen MR) is 116 cm³/mol. The molecule has 1 atom stereocenters. The van der Waals surface area contributed by atoms with Crippen molar-refractivity contribution in [3.05, 3.63) is 59.9 Å². The zero-order valence-corrected chi connectivity index (χ0v) is 17.3. The number of benzene rings is 2. The van der Waals surface area contributed by atoms with Crippen molar-refractivity contribution in [1.82, 2.24) is 14.5 Å². The summed E-state index contributed by atoms with van der Waals surface area (Å²) in [7, 11) is 0. The summed E-state index contributed by atoms with van der Waals surface area (Å²) in [6.07, 6.45) is 2.44. The Hall–Kier alpha value is -3.15. The molecule has 6 nitrogen and oxygen atoms in total. The fraction of sp³-hybridized carbons (Fsp3) is 0.375. The second-order valence-electron chi connectivity index (χ2n) is 8.16. The predicted octanol–water partition coefficient (Wildman–Crippen LogP) is 3.35. The molecule has 5 rings (SSSR count). The molecule has 154 valence electrons. The van der Waals surface area contributed by atoms with Crippen LogP contribution in [0, 0.1) is 0 Å². The molecule has 2 amide bonds. The molecule has 2 aromatic carbocycles. The topological polar surface area (TPSA) is 58.4 Å². The Morgan fingerprint density at radius 1 is 1.13 bits per heavy atom. The van der Waals surface area contributed by atoms with Crippen molar-refractivity contribution in [2.45, 2.75) is 38.6 Å². The Labute approximate surface area is 176 Å². The molecule has 0 N–H and O–H groups in total.